The van der Waals surface area contributed by atoms with Crippen molar-refractivity contribution in [3.05, 3.63) is 23.6 Å². The molecular weight excluding hydrogens is 244 g/mol. The van der Waals surface area contributed by atoms with E-state index in [1.54, 1.807) is 11.3 Å². The van der Waals surface area contributed by atoms with Gasteiger partial charge >= 0.3 is 0 Å². The van der Waals surface area contributed by atoms with Crippen LogP contribution in [0.3, 0.4) is 0 Å². The van der Waals surface area contributed by atoms with Crippen molar-refractivity contribution in [2.24, 2.45) is 0 Å². The SMILES string of the molecule is CCCn1ccnc1-c1cnc(CNC(C)C)s1. The molecule has 98 valence electrons. The molecule has 0 fully saturated rings. The maximum absolute atomic E-state index is 4.45. The molecule has 2 aromatic heterocycles. The summed E-state index contributed by atoms with van der Waals surface area (Å²) in [6.07, 6.45) is 6.93. The molecule has 0 aliphatic rings. The van der Waals surface area contributed by atoms with E-state index in [0.717, 1.165) is 35.2 Å². The molecule has 4 nitrogen and oxygen atoms in total. The molecule has 0 aromatic carbocycles. The molecular formula is C13H20N4S. The topological polar surface area (TPSA) is 42.7 Å². The van der Waals surface area contributed by atoms with Gasteiger partial charge in [0.1, 0.15) is 5.01 Å². The molecule has 0 aliphatic heterocycles. The lowest BCUT2D eigenvalue weighted by Gasteiger charge is -2.04. The van der Waals surface area contributed by atoms with Gasteiger partial charge in [-0.3, -0.25) is 0 Å². The monoisotopic (exact) mass is 264 g/mol. The molecule has 0 spiro atoms. The van der Waals surface area contributed by atoms with Crippen LogP contribution < -0.4 is 5.32 Å². The molecule has 0 unspecified atom stereocenters. The number of hydrogen-bond acceptors (Lipinski definition) is 4. The Bertz CT molecular complexity index is 487. The maximum Gasteiger partial charge on any atom is 0.151 e. The van der Waals surface area contributed by atoms with Crippen LogP contribution in [0, 0.1) is 0 Å². The highest BCUT2D eigenvalue weighted by Gasteiger charge is 2.09. The van der Waals surface area contributed by atoms with Gasteiger partial charge in [-0.15, -0.1) is 11.3 Å². The van der Waals surface area contributed by atoms with Gasteiger partial charge in [0, 0.05) is 37.7 Å². The van der Waals surface area contributed by atoms with Gasteiger partial charge < -0.3 is 9.88 Å². The standard InChI is InChI=1S/C13H20N4S/c1-4-6-17-7-5-14-13(17)11-8-16-12(18-11)9-15-10(2)3/h5,7-8,10,15H,4,6,9H2,1-3H3. The first kappa shape index (κ1) is 13.2. The van der Waals surface area contributed by atoms with Crippen molar-refractivity contribution in [3.8, 4) is 10.7 Å². The largest absolute Gasteiger partial charge is 0.330 e. The third kappa shape index (κ3) is 3.17. The minimum absolute atomic E-state index is 0.486. The highest BCUT2D eigenvalue weighted by atomic mass is 32.1. The summed E-state index contributed by atoms with van der Waals surface area (Å²) in [6, 6.07) is 0.486. The lowest BCUT2D eigenvalue weighted by molar-refractivity contribution is 0.587. The number of thiazole rings is 1. The second-order valence-corrected chi connectivity index (χ2v) is 5.71. The quantitative estimate of drug-likeness (QED) is 0.872. The second kappa shape index (κ2) is 6.11. The van der Waals surface area contributed by atoms with Crippen LogP contribution in [-0.4, -0.2) is 20.6 Å². The van der Waals surface area contributed by atoms with Crippen LogP contribution in [0.4, 0.5) is 0 Å². The Morgan fingerprint density at radius 2 is 2.22 bits per heavy atom. The number of nitrogens with one attached hydrogen (secondary N) is 1. The third-order valence-electron chi connectivity index (χ3n) is 2.62. The van der Waals surface area contributed by atoms with E-state index in [1.165, 1.54) is 0 Å². The number of aromatic nitrogens is 3. The predicted octanol–water partition coefficient (Wildman–Crippen LogP) is 2.91. The van der Waals surface area contributed by atoms with Gasteiger partial charge in [0.2, 0.25) is 0 Å². The van der Waals surface area contributed by atoms with Crippen molar-refractivity contribution >= 4 is 11.3 Å². The van der Waals surface area contributed by atoms with E-state index in [2.05, 4.69) is 40.6 Å². The molecule has 0 radical (unpaired) electrons. The first-order valence-corrected chi connectivity index (χ1v) is 7.22. The summed E-state index contributed by atoms with van der Waals surface area (Å²) in [7, 11) is 0. The van der Waals surface area contributed by atoms with E-state index in [4.69, 9.17) is 0 Å². The van der Waals surface area contributed by atoms with Gasteiger partial charge in [0.25, 0.3) is 0 Å². The fraction of sp³-hybridized carbons (Fsp3) is 0.538. The van der Waals surface area contributed by atoms with Crippen LogP contribution in [0.2, 0.25) is 0 Å². The molecule has 1 N–H and O–H groups in total. The molecule has 0 saturated heterocycles. The molecule has 2 aromatic rings. The van der Waals surface area contributed by atoms with Crippen LogP contribution in [0.5, 0.6) is 0 Å². The van der Waals surface area contributed by atoms with Crippen LogP contribution >= 0.6 is 11.3 Å². The van der Waals surface area contributed by atoms with Crippen LogP contribution in [-0.2, 0) is 13.1 Å². The Labute approximate surface area is 112 Å². The first-order valence-electron chi connectivity index (χ1n) is 6.40. The summed E-state index contributed by atoms with van der Waals surface area (Å²) >= 11 is 1.72. The first-order chi connectivity index (χ1) is 8.70. The molecule has 18 heavy (non-hydrogen) atoms. The smallest absolute Gasteiger partial charge is 0.151 e. The zero-order chi connectivity index (χ0) is 13.0. The zero-order valence-corrected chi connectivity index (χ0v) is 12.0. The average molecular weight is 264 g/mol. The highest BCUT2D eigenvalue weighted by Crippen LogP contribution is 2.24. The zero-order valence-electron chi connectivity index (χ0n) is 11.2. The lowest BCUT2D eigenvalue weighted by Crippen LogP contribution is -2.21. The molecule has 5 heteroatoms. The van der Waals surface area contributed by atoms with E-state index in [-0.39, 0.29) is 0 Å². The summed E-state index contributed by atoms with van der Waals surface area (Å²) in [5.74, 6) is 1.03. The minimum Gasteiger partial charge on any atom is -0.330 e. The Morgan fingerprint density at radius 1 is 1.39 bits per heavy atom. The average Bonchev–Trinajstić information content (AvgIpc) is 2.94. The van der Waals surface area contributed by atoms with E-state index in [0.29, 0.717) is 6.04 Å². The van der Waals surface area contributed by atoms with Gasteiger partial charge in [-0.2, -0.15) is 0 Å². The Hall–Kier alpha value is -1.20. The fourth-order valence-corrected chi connectivity index (χ4v) is 2.62. The Kier molecular flexibility index (Phi) is 4.49. The summed E-state index contributed by atoms with van der Waals surface area (Å²) < 4.78 is 2.19. The number of rotatable bonds is 6. The van der Waals surface area contributed by atoms with Crippen LogP contribution in [0.15, 0.2) is 18.6 Å². The van der Waals surface area contributed by atoms with Gasteiger partial charge in [0.05, 0.1) is 4.88 Å². The van der Waals surface area contributed by atoms with Crippen molar-refractivity contribution < 1.29 is 0 Å². The highest BCUT2D eigenvalue weighted by molar-refractivity contribution is 7.15. The lowest BCUT2D eigenvalue weighted by atomic mass is 10.4. The van der Waals surface area contributed by atoms with Gasteiger partial charge in [-0.05, 0) is 6.42 Å². The van der Waals surface area contributed by atoms with Crippen molar-refractivity contribution in [2.75, 3.05) is 0 Å². The molecule has 0 bridgehead atoms. The maximum atomic E-state index is 4.45. The summed E-state index contributed by atoms with van der Waals surface area (Å²) in [5.41, 5.74) is 0. The predicted molar refractivity (Wildman–Crippen MR) is 75.6 cm³/mol. The van der Waals surface area contributed by atoms with Gasteiger partial charge in [0.15, 0.2) is 5.82 Å². The van der Waals surface area contributed by atoms with E-state index >= 15 is 0 Å². The second-order valence-electron chi connectivity index (χ2n) is 4.60. The van der Waals surface area contributed by atoms with E-state index in [9.17, 15) is 0 Å². The van der Waals surface area contributed by atoms with Crippen LogP contribution in [0.25, 0.3) is 10.7 Å². The van der Waals surface area contributed by atoms with Gasteiger partial charge in [-0.1, -0.05) is 20.8 Å². The van der Waals surface area contributed by atoms with E-state index in [1.807, 2.05) is 18.6 Å². The fourth-order valence-electron chi connectivity index (χ4n) is 1.74. The van der Waals surface area contributed by atoms with Crippen molar-refractivity contribution in [3.63, 3.8) is 0 Å². The number of nitrogens with zero attached hydrogens (tertiary/aromatic N) is 3. The minimum atomic E-state index is 0.486. The molecule has 0 atom stereocenters. The number of aryl methyl sites for hydroxylation is 1. The Balaban J connectivity index is 2.11. The van der Waals surface area contributed by atoms with Crippen LogP contribution in [0.1, 0.15) is 32.2 Å². The van der Waals surface area contributed by atoms with Crippen molar-refractivity contribution in [2.45, 2.75) is 46.3 Å². The molecule has 2 rings (SSSR count). The summed E-state index contributed by atoms with van der Waals surface area (Å²) in [5, 5.41) is 4.50. The summed E-state index contributed by atoms with van der Waals surface area (Å²) in [4.78, 5) is 10.0. The van der Waals surface area contributed by atoms with Gasteiger partial charge in [-0.25, -0.2) is 9.97 Å². The Morgan fingerprint density at radius 3 is 2.94 bits per heavy atom. The normalized spacial score (nSPS) is 11.3. The summed E-state index contributed by atoms with van der Waals surface area (Å²) in [6.45, 7) is 8.29. The number of hydrogen-bond donors (Lipinski definition) is 1. The third-order valence-corrected chi connectivity index (χ3v) is 3.61. The number of imidazole rings is 1. The van der Waals surface area contributed by atoms with Crippen molar-refractivity contribution in [1.82, 2.24) is 19.9 Å². The van der Waals surface area contributed by atoms with Crippen molar-refractivity contribution in [1.29, 1.82) is 0 Å². The van der Waals surface area contributed by atoms with E-state index < -0.39 is 0 Å². The molecule has 0 aliphatic carbocycles. The molecule has 2 heterocycles. The molecule has 0 saturated carbocycles. The molecule has 0 amide bonds.